The van der Waals surface area contributed by atoms with Crippen LogP contribution >= 0.6 is 15.9 Å². The van der Waals surface area contributed by atoms with Gasteiger partial charge in [0.25, 0.3) is 0 Å². The fourth-order valence-electron chi connectivity index (χ4n) is 1.35. The van der Waals surface area contributed by atoms with Gasteiger partial charge in [-0.1, -0.05) is 41.9 Å². The van der Waals surface area contributed by atoms with Crippen LogP contribution in [-0.4, -0.2) is 17.6 Å². The molecule has 18 heavy (non-hydrogen) atoms. The van der Waals surface area contributed by atoms with E-state index in [2.05, 4.69) is 41.9 Å². The lowest BCUT2D eigenvalue weighted by molar-refractivity contribution is 0.242. The summed E-state index contributed by atoms with van der Waals surface area (Å²) < 4.78 is 6.61. The molecule has 0 spiro atoms. The third kappa shape index (κ3) is 4.56. The Labute approximate surface area is 116 Å². The molecule has 3 N–H and O–H groups in total. The fraction of sp³-hybridized carbons (Fsp3) is 0.462. The first kappa shape index (κ1) is 14.8. The maximum Gasteiger partial charge on any atom is 0.173 e. The summed E-state index contributed by atoms with van der Waals surface area (Å²) in [4.78, 5) is 0. The number of hydrogen-bond acceptors (Lipinski definition) is 3. The van der Waals surface area contributed by atoms with Gasteiger partial charge in [0.2, 0.25) is 0 Å². The maximum atomic E-state index is 8.73. The zero-order valence-corrected chi connectivity index (χ0v) is 12.5. The van der Waals surface area contributed by atoms with Gasteiger partial charge in [0, 0.05) is 4.47 Å². The second kappa shape index (κ2) is 6.09. The first-order valence-corrected chi connectivity index (χ1v) is 6.53. The van der Waals surface area contributed by atoms with E-state index in [0.717, 1.165) is 10.9 Å². The Kier molecular flexibility index (Phi) is 5.02. The molecule has 0 aliphatic heterocycles. The predicted octanol–water partition coefficient (Wildman–Crippen LogP) is 3.36. The SMILES string of the molecule is CC(C)(C)CCOc1cc(Br)ccc1/C(N)=N/O. The molecule has 0 amide bonds. The van der Waals surface area contributed by atoms with Gasteiger partial charge < -0.3 is 15.7 Å². The van der Waals surface area contributed by atoms with E-state index in [1.165, 1.54) is 0 Å². The predicted molar refractivity (Wildman–Crippen MR) is 76.2 cm³/mol. The van der Waals surface area contributed by atoms with Crippen LogP contribution in [-0.2, 0) is 0 Å². The molecule has 1 rings (SSSR count). The molecular formula is C13H19BrN2O2. The van der Waals surface area contributed by atoms with Crippen LogP contribution in [0.15, 0.2) is 27.8 Å². The lowest BCUT2D eigenvalue weighted by atomic mass is 9.93. The van der Waals surface area contributed by atoms with Crippen molar-refractivity contribution >= 4 is 21.8 Å². The maximum absolute atomic E-state index is 8.73. The first-order valence-electron chi connectivity index (χ1n) is 5.74. The van der Waals surface area contributed by atoms with Gasteiger partial charge in [-0.15, -0.1) is 0 Å². The van der Waals surface area contributed by atoms with E-state index in [4.69, 9.17) is 15.7 Å². The molecule has 4 nitrogen and oxygen atoms in total. The number of halogens is 1. The summed E-state index contributed by atoms with van der Waals surface area (Å²) in [7, 11) is 0. The Balaban J connectivity index is 2.83. The van der Waals surface area contributed by atoms with Crippen molar-refractivity contribution in [1.29, 1.82) is 0 Å². The standard InChI is InChI=1S/C13H19BrN2O2/c1-13(2,3)6-7-18-11-8-9(14)4-5-10(11)12(15)16-17/h4-5,8,17H,6-7H2,1-3H3,(H2,15,16). The van der Waals surface area contributed by atoms with Crippen molar-refractivity contribution in [3.8, 4) is 5.75 Å². The number of nitrogens with two attached hydrogens (primary N) is 1. The van der Waals surface area contributed by atoms with Gasteiger partial charge in [0.05, 0.1) is 12.2 Å². The lowest BCUT2D eigenvalue weighted by Gasteiger charge is -2.19. The summed E-state index contributed by atoms with van der Waals surface area (Å²) in [6.07, 6.45) is 0.926. The van der Waals surface area contributed by atoms with Crippen molar-refractivity contribution in [3.63, 3.8) is 0 Å². The van der Waals surface area contributed by atoms with Crippen LogP contribution in [0.25, 0.3) is 0 Å². The van der Waals surface area contributed by atoms with Crippen LogP contribution in [0.4, 0.5) is 0 Å². The highest BCUT2D eigenvalue weighted by Crippen LogP contribution is 2.25. The van der Waals surface area contributed by atoms with Gasteiger partial charge in [-0.2, -0.15) is 0 Å². The minimum Gasteiger partial charge on any atom is -0.493 e. The van der Waals surface area contributed by atoms with E-state index in [-0.39, 0.29) is 11.3 Å². The number of oxime groups is 1. The molecule has 0 aliphatic rings. The molecule has 0 saturated carbocycles. The zero-order valence-electron chi connectivity index (χ0n) is 10.9. The van der Waals surface area contributed by atoms with E-state index in [9.17, 15) is 0 Å². The van der Waals surface area contributed by atoms with Crippen molar-refractivity contribution in [2.75, 3.05) is 6.61 Å². The van der Waals surface area contributed by atoms with Crippen LogP contribution in [0.1, 0.15) is 32.8 Å². The molecule has 0 aromatic heterocycles. The van der Waals surface area contributed by atoms with Gasteiger partial charge in [0.15, 0.2) is 5.84 Å². The quantitative estimate of drug-likeness (QED) is 0.387. The average molecular weight is 315 g/mol. The van der Waals surface area contributed by atoms with E-state index >= 15 is 0 Å². The Bertz CT molecular complexity index is 439. The molecule has 1 aromatic rings. The molecular weight excluding hydrogens is 296 g/mol. The average Bonchev–Trinajstić information content (AvgIpc) is 2.26. The minimum absolute atomic E-state index is 0.0493. The summed E-state index contributed by atoms with van der Waals surface area (Å²) in [5, 5.41) is 11.7. The number of ether oxygens (including phenoxy) is 1. The number of benzene rings is 1. The largest absolute Gasteiger partial charge is 0.493 e. The molecule has 100 valence electrons. The van der Waals surface area contributed by atoms with Crippen molar-refractivity contribution in [2.45, 2.75) is 27.2 Å². The van der Waals surface area contributed by atoms with E-state index in [0.29, 0.717) is 17.9 Å². The van der Waals surface area contributed by atoms with E-state index < -0.39 is 0 Å². The summed E-state index contributed by atoms with van der Waals surface area (Å²) in [6.45, 7) is 7.05. The van der Waals surface area contributed by atoms with Gasteiger partial charge in [-0.05, 0) is 30.0 Å². The third-order valence-electron chi connectivity index (χ3n) is 2.44. The third-order valence-corrected chi connectivity index (χ3v) is 2.93. The van der Waals surface area contributed by atoms with Crippen molar-refractivity contribution in [3.05, 3.63) is 28.2 Å². The number of amidine groups is 1. The van der Waals surface area contributed by atoms with Crippen molar-refractivity contribution in [1.82, 2.24) is 0 Å². The molecule has 0 atom stereocenters. The molecule has 0 fully saturated rings. The lowest BCUT2D eigenvalue weighted by Crippen LogP contribution is -2.16. The second-order valence-corrected chi connectivity index (χ2v) is 6.20. The Morgan fingerprint density at radius 1 is 1.44 bits per heavy atom. The summed E-state index contributed by atoms with van der Waals surface area (Å²) >= 11 is 3.38. The van der Waals surface area contributed by atoms with Gasteiger partial charge in [-0.25, -0.2) is 0 Å². The molecule has 0 heterocycles. The van der Waals surface area contributed by atoms with Gasteiger partial charge in [-0.3, -0.25) is 0 Å². The number of rotatable bonds is 4. The van der Waals surface area contributed by atoms with Crippen molar-refractivity contribution in [2.24, 2.45) is 16.3 Å². The highest BCUT2D eigenvalue weighted by molar-refractivity contribution is 9.10. The summed E-state index contributed by atoms with van der Waals surface area (Å²) in [5.41, 5.74) is 6.41. The van der Waals surface area contributed by atoms with Crippen molar-refractivity contribution < 1.29 is 9.94 Å². The minimum atomic E-state index is 0.0493. The second-order valence-electron chi connectivity index (χ2n) is 5.28. The molecule has 0 aliphatic carbocycles. The Morgan fingerprint density at radius 2 is 2.11 bits per heavy atom. The van der Waals surface area contributed by atoms with Gasteiger partial charge >= 0.3 is 0 Å². The van der Waals surface area contributed by atoms with Crippen LogP contribution in [0.2, 0.25) is 0 Å². The van der Waals surface area contributed by atoms with E-state index in [1.54, 1.807) is 6.07 Å². The van der Waals surface area contributed by atoms with Crippen LogP contribution < -0.4 is 10.5 Å². The first-order chi connectivity index (χ1) is 8.33. The molecule has 1 aromatic carbocycles. The summed E-state index contributed by atoms with van der Waals surface area (Å²) in [5.74, 6) is 0.664. The Hall–Kier alpha value is -1.23. The molecule has 0 bridgehead atoms. The highest BCUT2D eigenvalue weighted by Gasteiger charge is 2.13. The van der Waals surface area contributed by atoms with Crippen LogP contribution in [0, 0.1) is 5.41 Å². The van der Waals surface area contributed by atoms with Crippen LogP contribution in [0.3, 0.4) is 0 Å². The molecule has 0 radical (unpaired) electrons. The van der Waals surface area contributed by atoms with Crippen LogP contribution in [0.5, 0.6) is 5.75 Å². The number of hydrogen-bond donors (Lipinski definition) is 2. The monoisotopic (exact) mass is 314 g/mol. The Morgan fingerprint density at radius 3 is 2.67 bits per heavy atom. The number of nitrogens with zero attached hydrogens (tertiary/aromatic N) is 1. The fourth-order valence-corrected chi connectivity index (χ4v) is 1.69. The van der Waals surface area contributed by atoms with Gasteiger partial charge in [0.1, 0.15) is 5.75 Å². The molecule has 0 saturated heterocycles. The molecule has 0 unspecified atom stereocenters. The smallest absolute Gasteiger partial charge is 0.173 e. The normalized spacial score (nSPS) is 12.6. The topological polar surface area (TPSA) is 67.8 Å². The van der Waals surface area contributed by atoms with E-state index in [1.807, 2.05) is 12.1 Å². The zero-order chi connectivity index (χ0) is 13.8. The summed E-state index contributed by atoms with van der Waals surface area (Å²) in [6, 6.07) is 5.39. The molecule has 5 heteroatoms. The highest BCUT2D eigenvalue weighted by atomic mass is 79.9.